The number of hydrogen-bond acceptors (Lipinski definition) is 3. The van der Waals surface area contributed by atoms with Crippen LogP contribution in [-0.4, -0.2) is 26.0 Å². The third-order valence-corrected chi connectivity index (χ3v) is 5.31. The zero-order chi connectivity index (χ0) is 12.0. The molecule has 0 aliphatic heterocycles. The van der Waals surface area contributed by atoms with Crippen molar-refractivity contribution < 1.29 is 8.42 Å². The van der Waals surface area contributed by atoms with E-state index in [2.05, 4.69) is 0 Å². The monoisotopic (exact) mass is 247 g/mol. The molecule has 96 valence electrons. The van der Waals surface area contributed by atoms with Crippen molar-refractivity contribution in [1.82, 2.24) is 0 Å². The third kappa shape index (κ3) is 4.83. The highest BCUT2D eigenvalue weighted by molar-refractivity contribution is 7.91. The summed E-state index contributed by atoms with van der Waals surface area (Å²) in [5.41, 5.74) is 6.03. The van der Waals surface area contributed by atoms with E-state index in [0.29, 0.717) is 11.7 Å². The van der Waals surface area contributed by atoms with Crippen LogP contribution in [-0.2, 0) is 9.84 Å². The largest absolute Gasteiger partial charge is 0.327 e. The molecule has 0 spiro atoms. The average Bonchev–Trinajstić information content (AvgIpc) is 2.27. The summed E-state index contributed by atoms with van der Waals surface area (Å²) in [6, 6.07) is -0.137. The summed E-state index contributed by atoms with van der Waals surface area (Å²) in [6.45, 7) is 2.01. The quantitative estimate of drug-likeness (QED) is 0.782. The average molecular weight is 247 g/mol. The van der Waals surface area contributed by atoms with Gasteiger partial charge in [0.15, 0.2) is 9.84 Å². The molecule has 0 aromatic carbocycles. The molecular formula is C12H25NO2S. The number of unbranched alkanes of at least 4 members (excludes halogenated alkanes) is 1. The van der Waals surface area contributed by atoms with Crippen molar-refractivity contribution >= 4 is 9.84 Å². The Kier molecular flexibility index (Phi) is 5.76. The van der Waals surface area contributed by atoms with Gasteiger partial charge in [-0.15, -0.1) is 0 Å². The molecule has 2 N–H and O–H groups in total. The highest BCUT2D eigenvalue weighted by Crippen LogP contribution is 2.26. The number of rotatable bonds is 6. The van der Waals surface area contributed by atoms with Crippen molar-refractivity contribution in [3.05, 3.63) is 0 Å². The number of sulfone groups is 1. The molecular weight excluding hydrogens is 222 g/mol. The van der Waals surface area contributed by atoms with Gasteiger partial charge in [0, 0.05) is 6.04 Å². The van der Waals surface area contributed by atoms with Gasteiger partial charge in [0.1, 0.15) is 0 Å². The van der Waals surface area contributed by atoms with E-state index in [4.69, 9.17) is 5.73 Å². The molecule has 3 nitrogen and oxygen atoms in total. The molecule has 1 saturated carbocycles. The highest BCUT2D eigenvalue weighted by atomic mass is 32.2. The van der Waals surface area contributed by atoms with E-state index in [0.717, 1.165) is 25.7 Å². The first-order valence-electron chi connectivity index (χ1n) is 6.51. The molecule has 16 heavy (non-hydrogen) atoms. The molecule has 0 saturated heterocycles. The Morgan fingerprint density at radius 3 is 2.44 bits per heavy atom. The van der Waals surface area contributed by atoms with Crippen molar-refractivity contribution in [3.8, 4) is 0 Å². The first kappa shape index (κ1) is 14.0. The Morgan fingerprint density at radius 1 is 1.25 bits per heavy atom. The summed E-state index contributed by atoms with van der Waals surface area (Å²) in [4.78, 5) is 0. The van der Waals surface area contributed by atoms with E-state index in [1.165, 1.54) is 19.3 Å². The maximum atomic E-state index is 11.8. The topological polar surface area (TPSA) is 60.2 Å². The molecule has 0 radical (unpaired) electrons. The minimum Gasteiger partial charge on any atom is -0.327 e. The van der Waals surface area contributed by atoms with Gasteiger partial charge in [-0.2, -0.15) is 0 Å². The maximum Gasteiger partial charge on any atom is 0.151 e. The first-order chi connectivity index (χ1) is 7.55. The standard InChI is InChI=1S/C12H25NO2S/c1-2-3-9-16(14,15)10-12(13)11-7-5-4-6-8-11/h11-12H,2-10,13H2,1H3. The lowest BCUT2D eigenvalue weighted by atomic mass is 9.85. The van der Waals surface area contributed by atoms with Crippen LogP contribution in [0.25, 0.3) is 0 Å². The van der Waals surface area contributed by atoms with Gasteiger partial charge in [0.2, 0.25) is 0 Å². The molecule has 4 heteroatoms. The lowest BCUT2D eigenvalue weighted by Gasteiger charge is -2.27. The molecule has 0 aromatic heterocycles. The Bertz CT molecular complexity index is 281. The minimum absolute atomic E-state index is 0.137. The van der Waals surface area contributed by atoms with Gasteiger partial charge >= 0.3 is 0 Å². The Labute approximate surface area is 99.7 Å². The molecule has 1 aliphatic carbocycles. The van der Waals surface area contributed by atoms with Crippen LogP contribution < -0.4 is 5.73 Å². The van der Waals surface area contributed by atoms with Crippen LogP contribution in [0.2, 0.25) is 0 Å². The Hall–Kier alpha value is -0.0900. The second-order valence-corrected chi connectivity index (χ2v) is 7.26. The smallest absolute Gasteiger partial charge is 0.151 e. The van der Waals surface area contributed by atoms with E-state index < -0.39 is 9.84 Å². The van der Waals surface area contributed by atoms with Crippen LogP contribution in [0.3, 0.4) is 0 Å². The fourth-order valence-electron chi connectivity index (χ4n) is 2.44. The van der Waals surface area contributed by atoms with Crippen LogP contribution >= 0.6 is 0 Å². The normalized spacial score (nSPS) is 20.9. The molecule has 0 bridgehead atoms. The van der Waals surface area contributed by atoms with Gasteiger partial charge in [0.05, 0.1) is 11.5 Å². The highest BCUT2D eigenvalue weighted by Gasteiger charge is 2.24. The van der Waals surface area contributed by atoms with Gasteiger partial charge in [0.25, 0.3) is 0 Å². The number of nitrogens with two attached hydrogens (primary N) is 1. The van der Waals surface area contributed by atoms with Gasteiger partial charge in [-0.3, -0.25) is 0 Å². The molecule has 0 heterocycles. The third-order valence-electron chi connectivity index (χ3n) is 3.51. The number of hydrogen-bond donors (Lipinski definition) is 1. The lowest BCUT2D eigenvalue weighted by molar-refractivity contribution is 0.317. The van der Waals surface area contributed by atoms with Crippen LogP contribution in [0.1, 0.15) is 51.9 Å². The second-order valence-electron chi connectivity index (χ2n) is 5.03. The zero-order valence-electron chi connectivity index (χ0n) is 10.3. The van der Waals surface area contributed by atoms with Gasteiger partial charge in [-0.05, 0) is 25.2 Å². The van der Waals surface area contributed by atoms with E-state index in [-0.39, 0.29) is 11.8 Å². The van der Waals surface area contributed by atoms with Crippen molar-refractivity contribution in [2.75, 3.05) is 11.5 Å². The summed E-state index contributed by atoms with van der Waals surface area (Å²) in [5.74, 6) is 0.937. The van der Waals surface area contributed by atoms with E-state index in [1.807, 2.05) is 6.92 Å². The van der Waals surface area contributed by atoms with E-state index in [9.17, 15) is 8.42 Å². The first-order valence-corrected chi connectivity index (χ1v) is 8.33. The molecule has 1 atom stereocenters. The van der Waals surface area contributed by atoms with Gasteiger partial charge in [-0.1, -0.05) is 32.6 Å². The predicted molar refractivity (Wildman–Crippen MR) is 68.1 cm³/mol. The van der Waals surface area contributed by atoms with E-state index >= 15 is 0 Å². The fraction of sp³-hybridized carbons (Fsp3) is 1.00. The summed E-state index contributed by atoms with van der Waals surface area (Å²) < 4.78 is 23.5. The molecule has 1 rings (SSSR count). The van der Waals surface area contributed by atoms with Crippen molar-refractivity contribution in [2.45, 2.75) is 57.9 Å². The van der Waals surface area contributed by atoms with Crippen LogP contribution in [0, 0.1) is 5.92 Å². The minimum atomic E-state index is -2.92. The van der Waals surface area contributed by atoms with Crippen molar-refractivity contribution in [2.24, 2.45) is 11.7 Å². The molecule has 0 aromatic rings. The summed E-state index contributed by atoms with van der Waals surface area (Å²) in [7, 11) is -2.92. The summed E-state index contributed by atoms with van der Waals surface area (Å²) in [6.07, 6.45) is 7.64. The molecule has 1 unspecified atom stereocenters. The summed E-state index contributed by atoms with van der Waals surface area (Å²) >= 11 is 0. The van der Waals surface area contributed by atoms with Crippen LogP contribution in [0.4, 0.5) is 0 Å². The zero-order valence-corrected chi connectivity index (χ0v) is 11.1. The Balaban J connectivity index is 2.39. The second kappa shape index (κ2) is 6.60. The molecule has 1 fully saturated rings. The fourth-order valence-corrected chi connectivity index (χ4v) is 4.19. The lowest BCUT2D eigenvalue weighted by Crippen LogP contribution is -2.38. The molecule has 1 aliphatic rings. The predicted octanol–water partition coefficient (Wildman–Crippen LogP) is 2.11. The maximum absolute atomic E-state index is 11.8. The van der Waals surface area contributed by atoms with Crippen molar-refractivity contribution in [3.63, 3.8) is 0 Å². The SMILES string of the molecule is CCCCS(=O)(=O)CC(N)C1CCCCC1. The van der Waals surface area contributed by atoms with Gasteiger partial charge < -0.3 is 5.73 Å². The van der Waals surface area contributed by atoms with Crippen LogP contribution in [0.5, 0.6) is 0 Å². The molecule has 0 amide bonds. The Morgan fingerprint density at radius 2 is 1.88 bits per heavy atom. The van der Waals surface area contributed by atoms with Crippen LogP contribution in [0.15, 0.2) is 0 Å². The van der Waals surface area contributed by atoms with Crippen molar-refractivity contribution in [1.29, 1.82) is 0 Å². The summed E-state index contributed by atoms with van der Waals surface area (Å²) in [5, 5.41) is 0. The van der Waals surface area contributed by atoms with E-state index in [1.54, 1.807) is 0 Å². The van der Waals surface area contributed by atoms with Gasteiger partial charge in [-0.25, -0.2) is 8.42 Å².